The highest BCUT2D eigenvalue weighted by Crippen LogP contribution is 2.28. The van der Waals surface area contributed by atoms with Gasteiger partial charge in [-0.1, -0.05) is 23.7 Å². The second-order valence-electron chi connectivity index (χ2n) is 6.93. The van der Waals surface area contributed by atoms with Crippen molar-refractivity contribution in [3.63, 3.8) is 0 Å². The number of piperazine rings is 1. The van der Waals surface area contributed by atoms with Crippen LogP contribution in [0.5, 0.6) is 0 Å². The molecule has 0 bridgehead atoms. The predicted octanol–water partition coefficient (Wildman–Crippen LogP) is 3.60. The average Bonchev–Trinajstić information content (AvgIpc) is 3.01. The molecule has 0 atom stereocenters. The van der Waals surface area contributed by atoms with E-state index >= 15 is 0 Å². The van der Waals surface area contributed by atoms with Crippen molar-refractivity contribution in [2.24, 2.45) is 0 Å². The van der Waals surface area contributed by atoms with Crippen molar-refractivity contribution in [1.29, 1.82) is 0 Å². The quantitative estimate of drug-likeness (QED) is 0.750. The van der Waals surface area contributed by atoms with Gasteiger partial charge in [-0.15, -0.1) is 0 Å². The summed E-state index contributed by atoms with van der Waals surface area (Å²) in [5.74, 6) is -0.0640. The van der Waals surface area contributed by atoms with E-state index in [1.807, 2.05) is 24.3 Å². The average molecular weight is 415 g/mol. The lowest BCUT2D eigenvalue weighted by Gasteiger charge is -2.34. The molecule has 0 N–H and O–H groups in total. The lowest BCUT2D eigenvalue weighted by atomic mass is 10.2. The van der Waals surface area contributed by atoms with E-state index in [2.05, 4.69) is 10.00 Å². The molecule has 5 nitrogen and oxygen atoms in total. The van der Waals surface area contributed by atoms with Crippen molar-refractivity contribution in [1.82, 2.24) is 19.6 Å². The number of benzene rings is 1. The Kier molecular flexibility index (Phi) is 6.30. The fraction of sp³-hybridized carbons (Fsp3) is 0.474. The number of amides is 1. The van der Waals surface area contributed by atoms with Gasteiger partial charge in [0.15, 0.2) is 5.69 Å². The highest BCUT2D eigenvalue weighted by Gasteiger charge is 2.34. The van der Waals surface area contributed by atoms with E-state index in [1.165, 1.54) is 4.68 Å². The van der Waals surface area contributed by atoms with Crippen molar-refractivity contribution < 1.29 is 18.0 Å². The third-order valence-corrected chi connectivity index (χ3v) is 5.06. The van der Waals surface area contributed by atoms with Gasteiger partial charge in [0.1, 0.15) is 0 Å². The molecule has 3 rings (SSSR count). The number of alkyl halides is 3. The van der Waals surface area contributed by atoms with E-state index in [1.54, 1.807) is 11.8 Å². The molecule has 0 saturated carbocycles. The number of aryl methyl sites for hydroxylation is 2. The highest BCUT2D eigenvalue weighted by atomic mass is 35.5. The summed E-state index contributed by atoms with van der Waals surface area (Å²) in [6.45, 7) is 5.17. The number of hydrogen-bond donors (Lipinski definition) is 0. The van der Waals surface area contributed by atoms with Crippen LogP contribution in [0, 0.1) is 6.92 Å². The molecule has 9 heteroatoms. The lowest BCUT2D eigenvalue weighted by molar-refractivity contribution is -0.141. The molecule has 1 aliphatic rings. The molecule has 1 saturated heterocycles. The smallest absolute Gasteiger partial charge is 0.340 e. The maximum Gasteiger partial charge on any atom is 0.435 e. The Labute approximate surface area is 166 Å². The minimum atomic E-state index is -4.47. The first-order chi connectivity index (χ1) is 13.2. The van der Waals surface area contributed by atoms with Crippen molar-refractivity contribution >= 4 is 17.5 Å². The van der Waals surface area contributed by atoms with Crippen molar-refractivity contribution in [3.05, 3.63) is 52.3 Å². The van der Waals surface area contributed by atoms with Crippen molar-refractivity contribution in [3.8, 4) is 0 Å². The van der Waals surface area contributed by atoms with E-state index in [0.717, 1.165) is 31.3 Å². The third kappa shape index (κ3) is 5.26. The summed E-state index contributed by atoms with van der Waals surface area (Å²) in [6, 6.07) is 8.70. The zero-order valence-electron chi connectivity index (χ0n) is 15.5. The molecule has 1 amide bonds. The van der Waals surface area contributed by atoms with Crippen LogP contribution < -0.4 is 0 Å². The molecule has 28 heavy (non-hydrogen) atoms. The molecule has 1 aliphatic heterocycles. The molecule has 1 fully saturated rings. The Balaban J connectivity index is 1.47. The Hall–Kier alpha value is -2.06. The number of nitrogens with zero attached hydrogens (tertiary/aromatic N) is 4. The summed E-state index contributed by atoms with van der Waals surface area (Å²) in [6.07, 6.45) is -4.34. The first-order valence-corrected chi connectivity index (χ1v) is 9.46. The fourth-order valence-electron chi connectivity index (χ4n) is 3.28. The van der Waals surface area contributed by atoms with E-state index in [9.17, 15) is 18.0 Å². The van der Waals surface area contributed by atoms with E-state index in [0.29, 0.717) is 23.8 Å². The highest BCUT2D eigenvalue weighted by molar-refractivity contribution is 6.30. The Morgan fingerprint density at radius 2 is 1.89 bits per heavy atom. The van der Waals surface area contributed by atoms with Crippen LogP contribution in [0.4, 0.5) is 13.2 Å². The molecule has 0 spiro atoms. The number of carbonyl (C=O) groups excluding carboxylic acids is 1. The Bertz CT molecular complexity index is 829. The van der Waals surface area contributed by atoms with Crippen LogP contribution in [0.25, 0.3) is 0 Å². The number of aromatic nitrogens is 2. The van der Waals surface area contributed by atoms with Gasteiger partial charge in [-0.2, -0.15) is 18.3 Å². The van der Waals surface area contributed by atoms with Crippen LogP contribution in [-0.4, -0.2) is 51.7 Å². The lowest BCUT2D eigenvalue weighted by Crippen LogP contribution is -2.48. The molecular formula is C19H22ClF3N4O. The van der Waals surface area contributed by atoms with Crippen LogP contribution in [0.1, 0.15) is 23.4 Å². The van der Waals surface area contributed by atoms with Gasteiger partial charge >= 0.3 is 6.18 Å². The maximum atomic E-state index is 12.7. The Morgan fingerprint density at radius 3 is 2.50 bits per heavy atom. The maximum absolute atomic E-state index is 12.7. The normalized spacial score (nSPS) is 15.8. The molecule has 1 aromatic carbocycles. The number of hydrogen-bond acceptors (Lipinski definition) is 3. The molecule has 0 aliphatic carbocycles. The molecular weight excluding hydrogens is 393 g/mol. The number of carbonyl (C=O) groups is 1. The Morgan fingerprint density at radius 1 is 1.18 bits per heavy atom. The second kappa shape index (κ2) is 8.53. The zero-order valence-corrected chi connectivity index (χ0v) is 16.3. The fourth-order valence-corrected chi connectivity index (χ4v) is 3.50. The summed E-state index contributed by atoms with van der Waals surface area (Å²) in [4.78, 5) is 16.4. The minimum Gasteiger partial charge on any atom is -0.340 e. The van der Waals surface area contributed by atoms with Gasteiger partial charge in [0.05, 0.1) is 0 Å². The van der Waals surface area contributed by atoms with Crippen LogP contribution in [0.3, 0.4) is 0 Å². The molecule has 2 heterocycles. The van der Waals surface area contributed by atoms with Crippen LogP contribution >= 0.6 is 11.6 Å². The predicted molar refractivity (Wildman–Crippen MR) is 99.9 cm³/mol. The summed E-state index contributed by atoms with van der Waals surface area (Å²) in [5, 5.41) is 4.27. The van der Waals surface area contributed by atoms with Gasteiger partial charge in [-0.05, 0) is 30.7 Å². The molecule has 0 unspecified atom stereocenters. The van der Waals surface area contributed by atoms with E-state index in [-0.39, 0.29) is 18.9 Å². The molecule has 152 valence electrons. The van der Waals surface area contributed by atoms with Gasteiger partial charge in [-0.25, -0.2) is 0 Å². The molecule has 1 aromatic heterocycles. The SMILES string of the molecule is Cc1cc(C(F)(F)F)nn1CCC(=O)N1CCN(Cc2cccc(Cl)c2)CC1. The molecule has 0 radical (unpaired) electrons. The van der Waals surface area contributed by atoms with Gasteiger partial charge in [-0.3, -0.25) is 14.4 Å². The second-order valence-corrected chi connectivity index (χ2v) is 7.37. The van der Waals surface area contributed by atoms with Crippen molar-refractivity contribution in [2.75, 3.05) is 26.2 Å². The zero-order chi connectivity index (χ0) is 20.3. The first kappa shape index (κ1) is 20.7. The number of halogens is 4. The summed E-state index contributed by atoms with van der Waals surface area (Å²) in [7, 11) is 0. The largest absolute Gasteiger partial charge is 0.435 e. The van der Waals surface area contributed by atoms with E-state index < -0.39 is 11.9 Å². The standard InChI is InChI=1S/C19H22ClF3N4O/c1-14-11-17(19(21,22)23)24-27(14)6-5-18(28)26-9-7-25(8-10-26)13-15-3-2-4-16(20)12-15/h2-4,11-12H,5-10,13H2,1H3. The van der Waals surface area contributed by atoms with Crippen molar-refractivity contribution in [2.45, 2.75) is 32.6 Å². The minimum absolute atomic E-state index is 0.0640. The first-order valence-electron chi connectivity index (χ1n) is 9.08. The monoisotopic (exact) mass is 414 g/mol. The van der Waals surface area contributed by atoms with Gasteiger partial charge < -0.3 is 4.90 Å². The van der Waals surface area contributed by atoms with E-state index in [4.69, 9.17) is 11.6 Å². The summed E-state index contributed by atoms with van der Waals surface area (Å²) >= 11 is 6.01. The van der Waals surface area contributed by atoms with Gasteiger partial charge in [0, 0.05) is 56.4 Å². The third-order valence-electron chi connectivity index (χ3n) is 4.83. The molecule has 2 aromatic rings. The summed E-state index contributed by atoms with van der Waals surface area (Å²) in [5.41, 5.74) is 0.598. The van der Waals surface area contributed by atoms with Gasteiger partial charge in [0.25, 0.3) is 0 Å². The van der Waals surface area contributed by atoms with Gasteiger partial charge in [0.2, 0.25) is 5.91 Å². The van der Waals surface area contributed by atoms with Crippen LogP contribution in [-0.2, 0) is 24.1 Å². The summed E-state index contributed by atoms with van der Waals surface area (Å²) < 4.78 is 39.4. The van der Waals surface area contributed by atoms with Crippen LogP contribution in [0.15, 0.2) is 30.3 Å². The number of rotatable bonds is 5. The van der Waals surface area contributed by atoms with Crippen LogP contribution in [0.2, 0.25) is 5.02 Å². The topological polar surface area (TPSA) is 41.4 Å².